The molecule has 0 atom stereocenters. The number of hydrogen-bond donors (Lipinski definition) is 1. The highest BCUT2D eigenvalue weighted by molar-refractivity contribution is 6.31. The van der Waals surface area contributed by atoms with Crippen molar-refractivity contribution in [3.05, 3.63) is 58.1 Å². The number of benzene rings is 2. The molecule has 0 aromatic heterocycles. The van der Waals surface area contributed by atoms with Gasteiger partial charge in [0.15, 0.2) is 0 Å². The number of hydrogen-bond acceptors (Lipinski definition) is 2. The second kappa shape index (κ2) is 8.02. The van der Waals surface area contributed by atoms with Crippen LogP contribution in [0, 0.1) is 20.8 Å². The maximum Gasteiger partial charge on any atom is 0.224 e. The lowest BCUT2D eigenvalue weighted by Gasteiger charge is -2.10. The Morgan fingerprint density at radius 3 is 2.61 bits per heavy atom. The Morgan fingerprint density at radius 2 is 1.87 bits per heavy atom. The Bertz CT molecular complexity index is 698. The van der Waals surface area contributed by atoms with E-state index in [0.29, 0.717) is 19.4 Å². The molecule has 0 aliphatic heterocycles. The molecule has 0 unspecified atom stereocenters. The van der Waals surface area contributed by atoms with Crippen molar-refractivity contribution >= 4 is 23.2 Å². The Kier molecular flexibility index (Phi) is 6.05. The number of carbonyl (C=O) groups is 1. The van der Waals surface area contributed by atoms with Crippen LogP contribution in [0.15, 0.2) is 36.4 Å². The van der Waals surface area contributed by atoms with E-state index in [1.807, 2.05) is 57.2 Å². The number of anilines is 1. The van der Waals surface area contributed by atoms with E-state index >= 15 is 0 Å². The average molecular weight is 332 g/mol. The number of rotatable bonds is 6. The van der Waals surface area contributed by atoms with Crippen LogP contribution < -0.4 is 10.1 Å². The van der Waals surface area contributed by atoms with E-state index in [1.165, 1.54) is 0 Å². The topological polar surface area (TPSA) is 38.3 Å². The molecule has 0 spiro atoms. The van der Waals surface area contributed by atoms with Crippen LogP contribution in [0.1, 0.15) is 29.5 Å². The molecule has 0 saturated carbocycles. The van der Waals surface area contributed by atoms with Gasteiger partial charge in [-0.2, -0.15) is 0 Å². The van der Waals surface area contributed by atoms with Crippen molar-refractivity contribution in [1.29, 1.82) is 0 Å². The zero-order valence-electron chi connectivity index (χ0n) is 13.8. The second-order valence-corrected chi connectivity index (χ2v) is 6.14. The van der Waals surface area contributed by atoms with Gasteiger partial charge in [0.1, 0.15) is 5.75 Å². The molecule has 0 aliphatic carbocycles. The summed E-state index contributed by atoms with van der Waals surface area (Å²) in [5.74, 6) is 0.788. The molecule has 0 saturated heterocycles. The van der Waals surface area contributed by atoms with Crippen LogP contribution in [0.2, 0.25) is 5.02 Å². The van der Waals surface area contributed by atoms with Gasteiger partial charge in [0.2, 0.25) is 5.91 Å². The fourth-order valence-electron chi connectivity index (χ4n) is 2.21. The van der Waals surface area contributed by atoms with Gasteiger partial charge in [-0.1, -0.05) is 23.7 Å². The van der Waals surface area contributed by atoms with E-state index in [0.717, 1.165) is 33.1 Å². The van der Waals surface area contributed by atoms with Gasteiger partial charge in [-0.05, 0) is 68.1 Å². The number of aryl methyl sites for hydroxylation is 3. The largest absolute Gasteiger partial charge is 0.494 e. The summed E-state index contributed by atoms with van der Waals surface area (Å²) in [6, 6.07) is 11.6. The fourth-order valence-corrected chi connectivity index (χ4v) is 2.33. The van der Waals surface area contributed by atoms with Crippen molar-refractivity contribution in [2.24, 2.45) is 0 Å². The molecule has 0 fully saturated rings. The molecule has 1 N–H and O–H groups in total. The fraction of sp³-hybridized carbons (Fsp3) is 0.316. The maximum absolute atomic E-state index is 12.0. The van der Waals surface area contributed by atoms with Crippen molar-refractivity contribution in [3.63, 3.8) is 0 Å². The van der Waals surface area contributed by atoms with E-state index in [9.17, 15) is 4.79 Å². The lowest BCUT2D eigenvalue weighted by atomic mass is 10.1. The van der Waals surface area contributed by atoms with Crippen LogP contribution in [0.3, 0.4) is 0 Å². The highest BCUT2D eigenvalue weighted by Gasteiger charge is 2.05. The monoisotopic (exact) mass is 331 g/mol. The summed E-state index contributed by atoms with van der Waals surface area (Å²) in [6.07, 6.45) is 1.10. The molecule has 2 aromatic rings. The van der Waals surface area contributed by atoms with Gasteiger partial charge in [-0.25, -0.2) is 0 Å². The highest BCUT2D eigenvalue weighted by atomic mass is 35.5. The number of amides is 1. The van der Waals surface area contributed by atoms with Gasteiger partial charge in [-0.3, -0.25) is 4.79 Å². The molecule has 2 aromatic carbocycles. The molecular weight excluding hydrogens is 310 g/mol. The standard InChI is InChI=1S/C19H22ClNO2/c1-13-6-7-14(2)18(11-13)21-19(22)5-4-10-23-16-8-9-17(20)15(3)12-16/h6-9,11-12H,4-5,10H2,1-3H3,(H,21,22). The van der Waals surface area contributed by atoms with Crippen molar-refractivity contribution in [2.75, 3.05) is 11.9 Å². The first-order valence-electron chi connectivity index (χ1n) is 7.72. The summed E-state index contributed by atoms with van der Waals surface area (Å²) in [7, 11) is 0. The van der Waals surface area contributed by atoms with Crippen LogP contribution in [-0.2, 0) is 4.79 Å². The third kappa shape index (κ3) is 5.29. The number of ether oxygens (including phenoxy) is 1. The van der Waals surface area contributed by atoms with E-state index in [4.69, 9.17) is 16.3 Å². The van der Waals surface area contributed by atoms with E-state index in [-0.39, 0.29) is 5.91 Å². The molecule has 122 valence electrons. The smallest absolute Gasteiger partial charge is 0.224 e. The van der Waals surface area contributed by atoms with Crippen molar-refractivity contribution in [1.82, 2.24) is 0 Å². The van der Waals surface area contributed by atoms with E-state index in [1.54, 1.807) is 0 Å². The molecule has 23 heavy (non-hydrogen) atoms. The third-order valence-corrected chi connectivity index (χ3v) is 4.04. The van der Waals surface area contributed by atoms with Crippen LogP contribution in [0.25, 0.3) is 0 Å². The Morgan fingerprint density at radius 1 is 1.09 bits per heavy atom. The van der Waals surface area contributed by atoms with Crippen LogP contribution in [0.4, 0.5) is 5.69 Å². The van der Waals surface area contributed by atoms with Crippen molar-refractivity contribution in [2.45, 2.75) is 33.6 Å². The molecule has 3 nitrogen and oxygen atoms in total. The minimum Gasteiger partial charge on any atom is -0.494 e. The summed E-state index contributed by atoms with van der Waals surface area (Å²) < 4.78 is 5.65. The molecule has 1 amide bonds. The van der Waals surface area contributed by atoms with Crippen LogP contribution in [0.5, 0.6) is 5.75 Å². The zero-order chi connectivity index (χ0) is 16.8. The Hall–Kier alpha value is -2.00. The van der Waals surface area contributed by atoms with Crippen molar-refractivity contribution in [3.8, 4) is 5.75 Å². The van der Waals surface area contributed by atoms with Gasteiger partial charge in [0.25, 0.3) is 0 Å². The van der Waals surface area contributed by atoms with Gasteiger partial charge >= 0.3 is 0 Å². The van der Waals surface area contributed by atoms with Gasteiger partial charge < -0.3 is 10.1 Å². The minimum atomic E-state index is 0.00888. The Balaban J connectivity index is 1.76. The predicted octanol–water partition coefficient (Wildman–Crippen LogP) is 5.06. The molecule has 0 bridgehead atoms. The molecule has 4 heteroatoms. The first-order chi connectivity index (χ1) is 11.0. The van der Waals surface area contributed by atoms with Crippen LogP contribution in [-0.4, -0.2) is 12.5 Å². The summed E-state index contributed by atoms with van der Waals surface area (Å²) in [4.78, 5) is 12.0. The summed E-state index contributed by atoms with van der Waals surface area (Å²) >= 11 is 5.98. The van der Waals surface area contributed by atoms with E-state index in [2.05, 4.69) is 5.32 Å². The number of halogens is 1. The second-order valence-electron chi connectivity index (χ2n) is 5.73. The molecule has 0 heterocycles. The summed E-state index contributed by atoms with van der Waals surface area (Å²) in [6.45, 7) is 6.44. The summed E-state index contributed by atoms with van der Waals surface area (Å²) in [5.41, 5.74) is 4.06. The first-order valence-corrected chi connectivity index (χ1v) is 8.09. The lowest BCUT2D eigenvalue weighted by Crippen LogP contribution is -2.13. The summed E-state index contributed by atoms with van der Waals surface area (Å²) in [5, 5.41) is 3.68. The lowest BCUT2D eigenvalue weighted by molar-refractivity contribution is -0.116. The maximum atomic E-state index is 12.0. The zero-order valence-corrected chi connectivity index (χ0v) is 14.5. The predicted molar refractivity (Wildman–Crippen MR) is 95.5 cm³/mol. The highest BCUT2D eigenvalue weighted by Crippen LogP contribution is 2.21. The first kappa shape index (κ1) is 17.4. The van der Waals surface area contributed by atoms with Gasteiger partial charge in [0.05, 0.1) is 6.61 Å². The third-order valence-electron chi connectivity index (χ3n) is 3.61. The average Bonchev–Trinajstić information content (AvgIpc) is 2.51. The minimum absolute atomic E-state index is 0.00888. The number of nitrogens with one attached hydrogen (secondary N) is 1. The molecular formula is C19H22ClNO2. The van der Waals surface area contributed by atoms with Gasteiger partial charge in [0, 0.05) is 17.1 Å². The quantitative estimate of drug-likeness (QED) is 0.751. The number of carbonyl (C=O) groups excluding carboxylic acids is 1. The van der Waals surface area contributed by atoms with Gasteiger partial charge in [-0.15, -0.1) is 0 Å². The SMILES string of the molecule is Cc1ccc(C)c(NC(=O)CCCOc2ccc(Cl)c(C)c2)c1. The molecule has 0 radical (unpaired) electrons. The van der Waals surface area contributed by atoms with E-state index < -0.39 is 0 Å². The Labute approximate surface area is 142 Å². The molecule has 2 rings (SSSR count). The van der Waals surface area contributed by atoms with Crippen molar-refractivity contribution < 1.29 is 9.53 Å². The van der Waals surface area contributed by atoms with Crippen LogP contribution >= 0.6 is 11.6 Å². The molecule has 0 aliphatic rings. The normalized spacial score (nSPS) is 10.4.